The van der Waals surface area contributed by atoms with Crippen LogP contribution in [0.3, 0.4) is 0 Å². The molecule has 9 heteroatoms. The van der Waals surface area contributed by atoms with Gasteiger partial charge in [-0.05, 0) is 18.2 Å². The summed E-state index contributed by atoms with van der Waals surface area (Å²) >= 11 is 0. The lowest BCUT2D eigenvalue weighted by Gasteiger charge is -2.39. The van der Waals surface area contributed by atoms with Crippen LogP contribution >= 0.6 is 0 Å². The van der Waals surface area contributed by atoms with Crippen LogP contribution in [0.4, 0.5) is 27.4 Å². The smallest absolute Gasteiger partial charge is 0.313 e. The molecule has 1 unspecified atom stereocenters. The van der Waals surface area contributed by atoms with Gasteiger partial charge in [-0.1, -0.05) is 18.2 Å². The van der Waals surface area contributed by atoms with E-state index in [1.165, 1.54) is 6.07 Å². The van der Waals surface area contributed by atoms with Crippen molar-refractivity contribution >= 4 is 23.0 Å². The van der Waals surface area contributed by atoms with E-state index in [-0.39, 0.29) is 18.1 Å². The van der Waals surface area contributed by atoms with E-state index < -0.39 is 11.2 Å². The molecular formula is C16H19FN6O2. The maximum Gasteiger partial charge on any atom is 0.313 e. The number of aromatic nitrogens is 1. The molecule has 132 valence electrons. The molecule has 0 bridgehead atoms. The van der Waals surface area contributed by atoms with Gasteiger partial charge in [0.25, 0.3) is 0 Å². The van der Waals surface area contributed by atoms with Crippen molar-refractivity contribution in [3.63, 3.8) is 0 Å². The number of nitrogens with zero attached hydrogens (tertiary/aromatic N) is 4. The summed E-state index contributed by atoms with van der Waals surface area (Å²) in [5, 5.41) is 20.5. The number of nitro groups is 1. The van der Waals surface area contributed by atoms with E-state index in [0.29, 0.717) is 24.6 Å². The standard InChI is InChI=1S/C16H19FN6O2/c1-18-15-8-7-13(23(24)25)16(20-15)22(12-5-3-2-4-6-12)21-10-9-19-14(17)11-21/h2-8,14,19H,9-11H2,1H3,(H,18,20). The first-order valence-electron chi connectivity index (χ1n) is 7.91. The first-order chi connectivity index (χ1) is 12.1. The van der Waals surface area contributed by atoms with Crippen LogP contribution in [0.25, 0.3) is 0 Å². The van der Waals surface area contributed by atoms with Crippen molar-refractivity contribution in [1.29, 1.82) is 0 Å². The van der Waals surface area contributed by atoms with E-state index >= 15 is 0 Å². The van der Waals surface area contributed by atoms with E-state index in [1.807, 2.05) is 30.3 Å². The highest BCUT2D eigenvalue weighted by atomic mass is 19.1. The molecule has 1 aliphatic rings. The number of rotatable bonds is 5. The van der Waals surface area contributed by atoms with Gasteiger partial charge in [0.2, 0.25) is 5.82 Å². The van der Waals surface area contributed by atoms with Crippen molar-refractivity contribution in [3.8, 4) is 0 Å². The molecule has 25 heavy (non-hydrogen) atoms. The summed E-state index contributed by atoms with van der Waals surface area (Å²) < 4.78 is 13.9. The number of alkyl halides is 1. The number of para-hydroxylation sites is 1. The third-order valence-electron chi connectivity index (χ3n) is 3.90. The number of benzene rings is 1. The first kappa shape index (κ1) is 17.1. The molecule has 1 atom stereocenters. The SMILES string of the molecule is CNc1ccc([N+](=O)[O-])c(N(c2ccccc2)N2CCNC(F)C2)n1. The second kappa shape index (κ2) is 7.41. The molecule has 0 saturated carbocycles. The second-order valence-electron chi connectivity index (χ2n) is 5.53. The van der Waals surface area contributed by atoms with Crippen LogP contribution < -0.4 is 15.6 Å². The van der Waals surface area contributed by atoms with E-state index in [0.717, 1.165) is 0 Å². The molecular weight excluding hydrogens is 327 g/mol. The Bertz CT molecular complexity index is 745. The fourth-order valence-corrected chi connectivity index (χ4v) is 2.74. The predicted molar refractivity (Wildman–Crippen MR) is 93.5 cm³/mol. The predicted octanol–water partition coefficient (Wildman–Crippen LogP) is 2.29. The summed E-state index contributed by atoms with van der Waals surface area (Å²) in [5.74, 6) is 0.644. The molecule has 1 fully saturated rings. The molecule has 1 aliphatic heterocycles. The molecule has 1 aromatic heterocycles. The van der Waals surface area contributed by atoms with Crippen LogP contribution in [0.2, 0.25) is 0 Å². The molecule has 0 amide bonds. The van der Waals surface area contributed by atoms with Crippen LogP contribution in [-0.4, -0.2) is 47.9 Å². The Morgan fingerprint density at radius 2 is 2.12 bits per heavy atom. The average molecular weight is 346 g/mol. The van der Waals surface area contributed by atoms with Crippen LogP contribution in [0.5, 0.6) is 0 Å². The highest BCUT2D eigenvalue weighted by molar-refractivity contribution is 5.69. The average Bonchev–Trinajstić information content (AvgIpc) is 2.62. The third-order valence-corrected chi connectivity index (χ3v) is 3.90. The highest BCUT2D eigenvalue weighted by Gasteiger charge is 2.31. The molecule has 3 rings (SSSR count). The monoisotopic (exact) mass is 346 g/mol. The Balaban J connectivity index is 2.12. The number of pyridine rings is 1. The fraction of sp³-hybridized carbons (Fsp3) is 0.312. The van der Waals surface area contributed by atoms with Gasteiger partial charge in [-0.25, -0.2) is 14.4 Å². The number of halogens is 1. The van der Waals surface area contributed by atoms with Crippen molar-refractivity contribution in [2.75, 3.05) is 37.0 Å². The summed E-state index contributed by atoms with van der Waals surface area (Å²) in [7, 11) is 1.69. The minimum absolute atomic E-state index is 0.0670. The van der Waals surface area contributed by atoms with E-state index in [9.17, 15) is 14.5 Å². The largest absolute Gasteiger partial charge is 0.373 e. The normalized spacial score (nSPS) is 17.9. The highest BCUT2D eigenvalue weighted by Crippen LogP contribution is 2.34. The van der Waals surface area contributed by atoms with Gasteiger partial charge < -0.3 is 5.32 Å². The second-order valence-corrected chi connectivity index (χ2v) is 5.53. The first-order valence-corrected chi connectivity index (χ1v) is 7.91. The Morgan fingerprint density at radius 3 is 2.76 bits per heavy atom. The van der Waals surface area contributed by atoms with Gasteiger partial charge in [-0.15, -0.1) is 0 Å². The molecule has 2 heterocycles. The van der Waals surface area contributed by atoms with Gasteiger partial charge in [-0.3, -0.25) is 20.4 Å². The van der Waals surface area contributed by atoms with E-state index in [1.54, 1.807) is 23.1 Å². The Hall–Kier alpha value is -2.78. The summed E-state index contributed by atoms with van der Waals surface area (Å²) in [6.07, 6.45) is -1.22. The van der Waals surface area contributed by atoms with Crippen molar-refractivity contribution in [3.05, 3.63) is 52.6 Å². The topological polar surface area (TPSA) is 86.6 Å². The number of hydrazine groups is 1. The zero-order chi connectivity index (χ0) is 17.8. The zero-order valence-corrected chi connectivity index (χ0v) is 13.7. The van der Waals surface area contributed by atoms with Gasteiger partial charge in [0.05, 0.1) is 17.2 Å². The van der Waals surface area contributed by atoms with Crippen LogP contribution in [0.15, 0.2) is 42.5 Å². The number of piperazine rings is 1. The van der Waals surface area contributed by atoms with Crippen LogP contribution in [-0.2, 0) is 0 Å². The van der Waals surface area contributed by atoms with Gasteiger partial charge >= 0.3 is 5.69 Å². The van der Waals surface area contributed by atoms with Crippen molar-refractivity contribution in [2.24, 2.45) is 0 Å². The zero-order valence-electron chi connectivity index (χ0n) is 13.7. The lowest BCUT2D eigenvalue weighted by Crippen LogP contribution is -2.54. The lowest BCUT2D eigenvalue weighted by atomic mass is 10.2. The van der Waals surface area contributed by atoms with E-state index in [4.69, 9.17) is 0 Å². The van der Waals surface area contributed by atoms with Crippen molar-refractivity contribution in [2.45, 2.75) is 6.30 Å². The van der Waals surface area contributed by atoms with Gasteiger partial charge in [0.1, 0.15) is 5.82 Å². The Kier molecular flexibility index (Phi) is 5.05. The summed E-state index contributed by atoms with van der Waals surface area (Å²) in [6.45, 7) is 0.999. The minimum Gasteiger partial charge on any atom is -0.373 e. The van der Waals surface area contributed by atoms with Gasteiger partial charge in [0, 0.05) is 26.2 Å². The molecule has 0 radical (unpaired) electrons. The fourth-order valence-electron chi connectivity index (χ4n) is 2.74. The molecule has 1 saturated heterocycles. The number of nitrogens with one attached hydrogen (secondary N) is 2. The molecule has 0 spiro atoms. The van der Waals surface area contributed by atoms with Gasteiger partial charge in [0.15, 0.2) is 6.30 Å². The van der Waals surface area contributed by atoms with Crippen molar-refractivity contribution < 1.29 is 9.31 Å². The number of hydrogen-bond donors (Lipinski definition) is 2. The summed E-state index contributed by atoms with van der Waals surface area (Å²) in [5.41, 5.74) is 0.539. The Labute approximate surface area is 144 Å². The lowest BCUT2D eigenvalue weighted by molar-refractivity contribution is -0.384. The maximum atomic E-state index is 13.9. The molecule has 1 aromatic carbocycles. The minimum atomic E-state index is -1.22. The molecule has 2 N–H and O–H groups in total. The molecule has 2 aromatic rings. The van der Waals surface area contributed by atoms with Crippen LogP contribution in [0.1, 0.15) is 0 Å². The molecule has 8 nitrogen and oxygen atoms in total. The maximum absolute atomic E-state index is 13.9. The number of anilines is 3. The van der Waals surface area contributed by atoms with Gasteiger partial charge in [-0.2, -0.15) is 0 Å². The molecule has 0 aliphatic carbocycles. The quantitative estimate of drug-likeness (QED) is 0.488. The van der Waals surface area contributed by atoms with Crippen LogP contribution in [0, 0.1) is 10.1 Å². The summed E-state index contributed by atoms with van der Waals surface area (Å²) in [4.78, 5) is 15.4. The Morgan fingerprint density at radius 1 is 1.36 bits per heavy atom. The van der Waals surface area contributed by atoms with Crippen molar-refractivity contribution in [1.82, 2.24) is 15.3 Å². The number of hydrogen-bond acceptors (Lipinski definition) is 7. The summed E-state index contributed by atoms with van der Waals surface area (Å²) in [6, 6.07) is 12.1. The van der Waals surface area contributed by atoms with E-state index in [2.05, 4.69) is 15.6 Å². The third kappa shape index (κ3) is 3.67.